The topological polar surface area (TPSA) is 36.1 Å². The van der Waals surface area contributed by atoms with Gasteiger partial charge in [-0.2, -0.15) is 0 Å². The third kappa shape index (κ3) is 1.78. The fraction of sp³-hybridized carbons (Fsp3) is 1.00. The fourth-order valence-corrected chi connectivity index (χ4v) is 0.375. The first-order valence-corrected chi connectivity index (χ1v) is 2.75. The maximum atomic E-state index is 3.06. The van der Waals surface area contributed by atoms with Crippen molar-refractivity contribution in [3.63, 3.8) is 0 Å². The van der Waals surface area contributed by atoms with E-state index in [1.54, 1.807) is 0 Å². The largest absolute Gasteiger partial charge is 0.290 e. The van der Waals surface area contributed by atoms with Gasteiger partial charge in [0.25, 0.3) is 0 Å². The molecule has 0 aromatic rings. The highest BCUT2D eigenvalue weighted by Gasteiger charge is 2.13. The molecule has 3 nitrogen and oxygen atoms in total. The van der Waals surface area contributed by atoms with Crippen LogP contribution in [-0.2, 0) is 0 Å². The molecule has 50 valence electrons. The van der Waals surface area contributed by atoms with Gasteiger partial charge in [-0.05, 0) is 28.1 Å². The molecule has 0 aromatic carbocycles. The molecule has 0 unspecified atom stereocenters. The molecule has 0 rings (SSSR count). The molecule has 0 saturated carbocycles. The van der Waals surface area contributed by atoms with Gasteiger partial charge in [0.1, 0.15) is 5.79 Å². The van der Waals surface area contributed by atoms with Crippen LogP contribution in [0.2, 0.25) is 0 Å². The molecule has 0 bridgehead atoms. The zero-order valence-electron chi connectivity index (χ0n) is 6.00. The van der Waals surface area contributed by atoms with Gasteiger partial charge in [0.05, 0.1) is 0 Å². The summed E-state index contributed by atoms with van der Waals surface area (Å²) in [5.41, 5.74) is 0. The molecular formula is C5H15N3. The van der Waals surface area contributed by atoms with Crippen LogP contribution >= 0.6 is 0 Å². The molecule has 0 fully saturated rings. The van der Waals surface area contributed by atoms with E-state index in [-0.39, 0.29) is 5.79 Å². The van der Waals surface area contributed by atoms with Gasteiger partial charge in [0.2, 0.25) is 0 Å². The van der Waals surface area contributed by atoms with Crippen molar-refractivity contribution < 1.29 is 0 Å². The zero-order chi connectivity index (χ0) is 6.62. The van der Waals surface area contributed by atoms with Gasteiger partial charge in [-0.3, -0.25) is 16.0 Å². The lowest BCUT2D eigenvalue weighted by molar-refractivity contribution is 0.276. The summed E-state index contributed by atoms with van der Waals surface area (Å²) in [5, 5.41) is 9.17. The third-order valence-electron chi connectivity index (χ3n) is 1.50. The number of rotatable bonds is 3. The third-order valence-corrected chi connectivity index (χ3v) is 1.50. The highest BCUT2D eigenvalue weighted by atomic mass is 15.3. The molecule has 0 heterocycles. The molecule has 0 radical (unpaired) electrons. The lowest BCUT2D eigenvalue weighted by Gasteiger charge is -2.27. The molecule has 3 N–H and O–H groups in total. The first-order valence-electron chi connectivity index (χ1n) is 2.75. The van der Waals surface area contributed by atoms with Gasteiger partial charge < -0.3 is 0 Å². The van der Waals surface area contributed by atoms with E-state index in [1.807, 2.05) is 28.1 Å². The molecule has 0 aliphatic rings. The lowest BCUT2D eigenvalue weighted by atomic mass is 10.4. The van der Waals surface area contributed by atoms with Gasteiger partial charge in [-0.1, -0.05) is 0 Å². The molecule has 0 aliphatic heterocycles. The van der Waals surface area contributed by atoms with Gasteiger partial charge in [0.15, 0.2) is 0 Å². The van der Waals surface area contributed by atoms with Crippen molar-refractivity contribution in [1.82, 2.24) is 16.0 Å². The Morgan fingerprint density at radius 3 is 1.12 bits per heavy atom. The van der Waals surface area contributed by atoms with Crippen LogP contribution in [0.15, 0.2) is 0 Å². The Kier molecular flexibility index (Phi) is 2.97. The Bertz CT molecular complexity index is 50.4. The minimum absolute atomic E-state index is 0.125. The van der Waals surface area contributed by atoms with E-state index in [1.165, 1.54) is 0 Å². The summed E-state index contributed by atoms with van der Waals surface area (Å²) in [4.78, 5) is 0. The lowest BCUT2D eigenvalue weighted by Crippen LogP contribution is -2.60. The van der Waals surface area contributed by atoms with Crippen molar-refractivity contribution in [2.24, 2.45) is 0 Å². The molecule has 0 amide bonds. The van der Waals surface area contributed by atoms with E-state index in [0.29, 0.717) is 0 Å². The van der Waals surface area contributed by atoms with Gasteiger partial charge >= 0.3 is 0 Å². The maximum absolute atomic E-state index is 3.06. The van der Waals surface area contributed by atoms with E-state index >= 15 is 0 Å². The number of hydrogen-bond donors (Lipinski definition) is 3. The van der Waals surface area contributed by atoms with Crippen LogP contribution in [-0.4, -0.2) is 26.9 Å². The second-order valence-electron chi connectivity index (χ2n) is 1.88. The minimum Gasteiger partial charge on any atom is -0.290 e. The van der Waals surface area contributed by atoms with Crippen molar-refractivity contribution in [1.29, 1.82) is 0 Å². The normalized spacial score (nSPS) is 12.0. The van der Waals surface area contributed by atoms with Gasteiger partial charge in [-0.15, -0.1) is 0 Å². The van der Waals surface area contributed by atoms with Crippen LogP contribution < -0.4 is 16.0 Å². The standard InChI is InChI=1S/C5H15N3/c1-5(6-2,7-3)8-4/h6-8H,1-4H3. The van der Waals surface area contributed by atoms with E-state index < -0.39 is 0 Å². The summed E-state index contributed by atoms with van der Waals surface area (Å²) >= 11 is 0. The Balaban J connectivity index is 3.58. The number of hydrogen-bond acceptors (Lipinski definition) is 3. The quantitative estimate of drug-likeness (QED) is 0.429. The summed E-state index contributed by atoms with van der Waals surface area (Å²) in [5.74, 6) is -0.125. The molecule has 0 saturated heterocycles. The molecule has 0 spiro atoms. The van der Waals surface area contributed by atoms with Crippen molar-refractivity contribution in [3.8, 4) is 0 Å². The molecular weight excluding hydrogens is 102 g/mol. The summed E-state index contributed by atoms with van der Waals surface area (Å²) in [6.45, 7) is 2.02. The predicted molar refractivity (Wildman–Crippen MR) is 35.6 cm³/mol. The fourth-order valence-electron chi connectivity index (χ4n) is 0.375. The first-order chi connectivity index (χ1) is 3.68. The summed E-state index contributed by atoms with van der Waals surface area (Å²) in [6, 6.07) is 0. The van der Waals surface area contributed by atoms with Crippen molar-refractivity contribution in [2.45, 2.75) is 12.7 Å². The van der Waals surface area contributed by atoms with Gasteiger partial charge in [-0.25, -0.2) is 0 Å². The SMILES string of the molecule is CNC(C)(NC)NC. The molecule has 3 heteroatoms. The molecule has 8 heavy (non-hydrogen) atoms. The highest BCUT2D eigenvalue weighted by Crippen LogP contribution is 1.84. The smallest absolute Gasteiger partial charge is 0.119 e. The maximum Gasteiger partial charge on any atom is 0.119 e. The van der Waals surface area contributed by atoms with E-state index in [2.05, 4.69) is 16.0 Å². The highest BCUT2D eigenvalue weighted by molar-refractivity contribution is 4.69. The first kappa shape index (κ1) is 7.88. The number of nitrogens with one attached hydrogen (secondary N) is 3. The Labute approximate surface area is 50.8 Å². The summed E-state index contributed by atoms with van der Waals surface area (Å²) < 4.78 is 0. The van der Waals surface area contributed by atoms with Crippen molar-refractivity contribution in [3.05, 3.63) is 0 Å². The Hall–Kier alpha value is -0.120. The zero-order valence-corrected chi connectivity index (χ0v) is 6.00. The average molecular weight is 117 g/mol. The van der Waals surface area contributed by atoms with Crippen LogP contribution in [0.25, 0.3) is 0 Å². The Morgan fingerprint density at radius 1 is 0.875 bits per heavy atom. The van der Waals surface area contributed by atoms with E-state index in [0.717, 1.165) is 0 Å². The molecule has 0 aromatic heterocycles. The summed E-state index contributed by atoms with van der Waals surface area (Å²) in [7, 11) is 5.69. The average Bonchev–Trinajstić information content (AvgIpc) is 1.87. The van der Waals surface area contributed by atoms with E-state index in [4.69, 9.17) is 0 Å². The predicted octanol–water partition coefficient (Wildman–Crippen LogP) is -0.682. The Morgan fingerprint density at radius 2 is 1.12 bits per heavy atom. The van der Waals surface area contributed by atoms with Crippen LogP contribution in [0, 0.1) is 0 Å². The second-order valence-corrected chi connectivity index (χ2v) is 1.88. The van der Waals surface area contributed by atoms with Crippen LogP contribution in [0.5, 0.6) is 0 Å². The van der Waals surface area contributed by atoms with Crippen molar-refractivity contribution >= 4 is 0 Å². The van der Waals surface area contributed by atoms with Crippen LogP contribution in [0.3, 0.4) is 0 Å². The molecule has 0 atom stereocenters. The second kappa shape index (κ2) is 3.02. The summed E-state index contributed by atoms with van der Waals surface area (Å²) in [6.07, 6.45) is 0. The monoisotopic (exact) mass is 117 g/mol. The van der Waals surface area contributed by atoms with Gasteiger partial charge in [0, 0.05) is 0 Å². The van der Waals surface area contributed by atoms with Crippen LogP contribution in [0.4, 0.5) is 0 Å². The van der Waals surface area contributed by atoms with E-state index in [9.17, 15) is 0 Å². The van der Waals surface area contributed by atoms with Crippen molar-refractivity contribution in [2.75, 3.05) is 21.1 Å². The molecule has 0 aliphatic carbocycles. The van der Waals surface area contributed by atoms with Crippen LogP contribution in [0.1, 0.15) is 6.92 Å². The minimum atomic E-state index is -0.125.